The lowest BCUT2D eigenvalue weighted by atomic mass is 10.0. The molecule has 31 heavy (non-hydrogen) atoms. The van der Waals surface area contributed by atoms with E-state index in [1.54, 1.807) is 24.3 Å². The summed E-state index contributed by atoms with van der Waals surface area (Å²) in [5, 5.41) is 14.2. The van der Waals surface area contributed by atoms with Crippen LogP contribution in [0.25, 0.3) is 0 Å². The Morgan fingerprint density at radius 1 is 1.00 bits per heavy atom. The highest BCUT2D eigenvalue weighted by atomic mass is 35.5. The van der Waals surface area contributed by atoms with Crippen LogP contribution in [0, 0.1) is 5.92 Å². The van der Waals surface area contributed by atoms with Crippen molar-refractivity contribution in [1.29, 1.82) is 0 Å². The van der Waals surface area contributed by atoms with Crippen LogP contribution in [0.4, 0.5) is 0 Å². The first-order chi connectivity index (χ1) is 14.7. The standard InChI is InChI=1S/C21H20Cl4N4OS/c1-11(2)18(26-20(30)13-5-7-15(23)17(25)9-13)19-27-28-21(29(19)3)31-10-12-4-6-14(22)16(24)8-12/h4-9,11,18H,10H2,1-3H3,(H,26,30)/t18-/m0/s1. The van der Waals surface area contributed by atoms with Gasteiger partial charge in [0, 0.05) is 18.4 Å². The number of carbonyl (C=O) groups is 1. The fraction of sp³-hybridized carbons (Fsp3) is 0.286. The van der Waals surface area contributed by atoms with E-state index in [-0.39, 0.29) is 17.9 Å². The number of benzene rings is 2. The normalized spacial score (nSPS) is 12.3. The van der Waals surface area contributed by atoms with E-state index in [2.05, 4.69) is 15.5 Å². The molecule has 0 bridgehead atoms. The van der Waals surface area contributed by atoms with Crippen molar-refractivity contribution in [2.45, 2.75) is 30.8 Å². The average Bonchev–Trinajstić information content (AvgIpc) is 3.08. The minimum atomic E-state index is -0.334. The smallest absolute Gasteiger partial charge is 0.251 e. The lowest BCUT2D eigenvalue weighted by Crippen LogP contribution is -2.33. The summed E-state index contributed by atoms with van der Waals surface area (Å²) in [6, 6.07) is 9.98. The van der Waals surface area contributed by atoms with Crippen molar-refractivity contribution in [2.24, 2.45) is 13.0 Å². The second-order valence-electron chi connectivity index (χ2n) is 7.26. The Morgan fingerprint density at radius 3 is 2.26 bits per heavy atom. The summed E-state index contributed by atoms with van der Waals surface area (Å²) in [5.41, 5.74) is 1.45. The van der Waals surface area contributed by atoms with Crippen LogP contribution in [-0.4, -0.2) is 20.7 Å². The minimum absolute atomic E-state index is 0.0857. The van der Waals surface area contributed by atoms with E-state index in [1.165, 1.54) is 11.8 Å². The van der Waals surface area contributed by atoms with E-state index in [9.17, 15) is 4.79 Å². The molecule has 3 aromatic rings. The number of amides is 1. The molecule has 0 saturated heterocycles. The largest absolute Gasteiger partial charge is 0.342 e. The summed E-state index contributed by atoms with van der Waals surface area (Å²) < 4.78 is 1.89. The van der Waals surface area contributed by atoms with Gasteiger partial charge in [-0.3, -0.25) is 4.79 Å². The quantitative estimate of drug-likeness (QED) is 0.348. The molecule has 1 atom stereocenters. The molecule has 3 rings (SSSR count). The molecule has 0 unspecified atom stereocenters. The third-order valence-corrected chi connectivity index (χ3v) is 7.20. The topological polar surface area (TPSA) is 59.8 Å². The van der Waals surface area contributed by atoms with Crippen LogP contribution in [0.5, 0.6) is 0 Å². The molecule has 164 valence electrons. The Morgan fingerprint density at radius 2 is 1.65 bits per heavy atom. The first-order valence-electron chi connectivity index (χ1n) is 9.39. The Balaban J connectivity index is 1.75. The molecular formula is C21H20Cl4N4OS. The van der Waals surface area contributed by atoms with Crippen LogP contribution >= 0.6 is 58.2 Å². The van der Waals surface area contributed by atoms with Gasteiger partial charge in [0.25, 0.3) is 5.91 Å². The third kappa shape index (κ3) is 5.88. The Bertz CT molecular complexity index is 1100. The van der Waals surface area contributed by atoms with Crippen LogP contribution in [0.3, 0.4) is 0 Å². The maximum absolute atomic E-state index is 12.8. The van der Waals surface area contributed by atoms with Gasteiger partial charge in [-0.2, -0.15) is 0 Å². The molecule has 0 aliphatic rings. The van der Waals surface area contributed by atoms with Gasteiger partial charge in [0.05, 0.1) is 26.1 Å². The summed E-state index contributed by atoms with van der Waals surface area (Å²) >= 11 is 25.6. The molecule has 1 heterocycles. The van der Waals surface area contributed by atoms with E-state index in [1.807, 2.05) is 37.6 Å². The first-order valence-corrected chi connectivity index (χ1v) is 11.9. The Kier molecular flexibility index (Phi) is 8.16. The number of aromatic nitrogens is 3. The summed E-state index contributed by atoms with van der Waals surface area (Å²) in [5.74, 6) is 1.15. The lowest BCUT2D eigenvalue weighted by Gasteiger charge is -2.22. The fourth-order valence-electron chi connectivity index (χ4n) is 2.89. The van der Waals surface area contributed by atoms with Gasteiger partial charge in [-0.25, -0.2) is 0 Å². The van der Waals surface area contributed by atoms with Crippen molar-refractivity contribution in [2.75, 3.05) is 0 Å². The van der Waals surface area contributed by atoms with Crippen molar-refractivity contribution >= 4 is 64.1 Å². The van der Waals surface area contributed by atoms with Gasteiger partial charge >= 0.3 is 0 Å². The zero-order valence-corrected chi connectivity index (χ0v) is 20.8. The number of hydrogen-bond acceptors (Lipinski definition) is 4. The van der Waals surface area contributed by atoms with Gasteiger partial charge in [-0.1, -0.05) is 78.1 Å². The molecule has 0 radical (unpaired) electrons. The van der Waals surface area contributed by atoms with Crippen LogP contribution < -0.4 is 5.32 Å². The number of nitrogens with zero attached hydrogens (tertiary/aromatic N) is 3. The number of nitrogens with one attached hydrogen (secondary N) is 1. The van der Waals surface area contributed by atoms with Crippen molar-refractivity contribution in [3.63, 3.8) is 0 Å². The van der Waals surface area contributed by atoms with Crippen LogP contribution in [0.15, 0.2) is 41.6 Å². The average molecular weight is 518 g/mol. The molecule has 10 heteroatoms. The molecule has 0 saturated carbocycles. The van der Waals surface area contributed by atoms with Crippen LogP contribution in [-0.2, 0) is 12.8 Å². The summed E-state index contributed by atoms with van der Waals surface area (Å²) in [6.07, 6.45) is 0. The third-order valence-electron chi connectivity index (χ3n) is 4.63. The Labute approximate surface area is 205 Å². The molecule has 0 spiro atoms. The zero-order chi connectivity index (χ0) is 22.7. The number of rotatable bonds is 7. The number of halogens is 4. The monoisotopic (exact) mass is 516 g/mol. The minimum Gasteiger partial charge on any atom is -0.342 e. The van der Waals surface area contributed by atoms with E-state index in [0.717, 1.165) is 10.7 Å². The fourth-order valence-corrected chi connectivity index (χ4v) is 4.37. The predicted molar refractivity (Wildman–Crippen MR) is 129 cm³/mol. The molecule has 1 aromatic heterocycles. The first kappa shape index (κ1) is 24.2. The highest BCUT2D eigenvalue weighted by Crippen LogP contribution is 2.29. The summed E-state index contributed by atoms with van der Waals surface area (Å²) in [4.78, 5) is 12.8. The van der Waals surface area contributed by atoms with Crippen molar-refractivity contribution in [3.05, 3.63) is 73.4 Å². The van der Waals surface area contributed by atoms with Gasteiger partial charge in [0.15, 0.2) is 11.0 Å². The number of hydrogen-bond donors (Lipinski definition) is 1. The SMILES string of the molecule is CC(C)[C@H](NC(=O)c1ccc(Cl)c(Cl)c1)c1nnc(SCc2ccc(Cl)c(Cl)c2)n1C. The predicted octanol–water partition coefficient (Wildman–Crippen LogP) is 6.85. The van der Waals surface area contributed by atoms with E-state index < -0.39 is 0 Å². The molecule has 1 N–H and O–H groups in total. The van der Waals surface area contributed by atoms with Crippen molar-refractivity contribution in [1.82, 2.24) is 20.1 Å². The Hall–Kier alpha value is -1.44. The van der Waals surface area contributed by atoms with Gasteiger partial charge in [-0.15, -0.1) is 10.2 Å². The molecule has 0 fully saturated rings. The van der Waals surface area contributed by atoms with Crippen LogP contribution in [0.1, 0.15) is 41.6 Å². The molecular weight excluding hydrogens is 498 g/mol. The second kappa shape index (κ2) is 10.5. The van der Waals surface area contributed by atoms with E-state index >= 15 is 0 Å². The van der Waals surface area contributed by atoms with Crippen molar-refractivity contribution in [3.8, 4) is 0 Å². The second-order valence-corrected chi connectivity index (χ2v) is 9.83. The van der Waals surface area contributed by atoms with E-state index in [0.29, 0.717) is 37.2 Å². The maximum atomic E-state index is 12.8. The number of thioether (sulfide) groups is 1. The number of carbonyl (C=O) groups excluding carboxylic acids is 1. The highest BCUT2D eigenvalue weighted by Gasteiger charge is 2.25. The van der Waals surface area contributed by atoms with Gasteiger partial charge in [0.2, 0.25) is 0 Å². The van der Waals surface area contributed by atoms with Crippen LogP contribution in [0.2, 0.25) is 20.1 Å². The highest BCUT2D eigenvalue weighted by molar-refractivity contribution is 7.98. The van der Waals surface area contributed by atoms with Gasteiger partial charge < -0.3 is 9.88 Å². The summed E-state index contributed by atoms with van der Waals surface area (Å²) in [7, 11) is 1.88. The van der Waals surface area contributed by atoms with Gasteiger partial charge in [0.1, 0.15) is 0 Å². The molecule has 0 aliphatic carbocycles. The molecule has 2 aromatic carbocycles. The lowest BCUT2D eigenvalue weighted by molar-refractivity contribution is 0.0922. The molecule has 1 amide bonds. The molecule has 5 nitrogen and oxygen atoms in total. The van der Waals surface area contributed by atoms with E-state index in [4.69, 9.17) is 46.4 Å². The van der Waals surface area contributed by atoms with Crippen molar-refractivity contribution < 1.29 is 4.79 Å². The van der Waals surface area contributed by atoms with Gasteiger partial charge in [-0.05, 0) is 41.8 Å². The summed E-state index contributed by atoms with van der Waals surface area (Å²) in [6.45, 7) is 4.02. The zero-order valence-electron chi connectivity index (χ0n) is 17.0. The maximum Gasteiger partial charge on any atom is 0.251 e. The molecule has 0 aliphatic heterocycles.